The summed E-state index contributed by atoms with van der Waals surface area (Å²) in [4.78, 5) is 2.67. The summed E-state index contributed by atoms with van der Waals surface area (Å²) in [7, 11) is 0. The predicted molar refractivity (Wildman–Crippen MR) is 71.8 cm³/mol. The first-order chi connectivity index (χ1) is 7.54. The topological polar surface area (TPSA) is 15.3 Å². The van der Waals surface area contributed by atoms with Gasteiger partial charge in [0.05, 0.1) is 0 Å². The molecule has 0 saturated carbocycles. The minimum Gasteiger partial charge on any atom is -0.312 e. The molecular weight excluding hydrogens is 196 g/mol. The molecule has 2 heteroatoms. The van der Waals surface area contributed by atoms with Crippen LogP contribution in [0.5, 0.6) is 0 Å². The first-order valence-electron chi connectivity index (χ1n) is 7.02. The number of hydrogen-bond acceptors (Lipinski definition) is 2. The van der Waals surface area contributed by atoms with Crippen molar-refractivity contribution in [2.24, 2.45) is 5.92 Å². The van der Waals surface area contributed by atoms with E-state index in [0.717, 1.165) is 12.5 Å². The summed E-state index contributed by atoms with van der Waals surface area (Å²) < 4.78 is 0. The summed E-state index contributed by atoms with van der Waals surface area (Å²) >= 11 is 0. The average molecular weight is 226 g/mol. The largest absolute Gasteiger partial charge is 0.312 e. The lowest BCUT2D eigenvalue weighted by atomic mass is 9.82. The smallest absolute Gasteiger partial charge is 0.0308 e. The highest BCUT2D eigenvalue weighted by molar-refractivity contribution is 4.97. The second-order valence-electron chi connectivity index (χ2n) is 5.77. The lowest BCUT2D eigenvalue weighted by Gasteiger charge is -2.45. The van der Waals surface area contributed by atoms with E-state index in [1.54, 1.807) is 0 Å². The van der Waals surface area contributed by atoms with Crippen LogP contribution in [0.4, 0.5) is 0 Å². The van der Waals surface area contributed by atoms with Crippen LogP contribution in [0.3, 0.4) is 0 Å². The maximum Gasteiger partial charge on any atom is 0.0308 e. The van der Waals surface area contributed by atoms with Crippen LogP contribution in [0.1, 0.15) is 53.9 Å². The zero-order valence-electron chi connectivity index (χ0n) is 11.8. The van der Waals surface area contributed by atoms with E-state index in [-0.39, 0.29) is 0 Å². The van der Waals surface area contributed by atoms with Crippen LogP contribution in [0, 0.1) is 5.92 Å². The van der Waals surface area contributed by atoms with Crippen molar-refractivity contribution >= 4 is 0 Å². The van der Waals surface area contributed by atoms with Crippen molar-refractivity contribution in [2.45, 2.75) is 65.5 Å². The van der Waals surface area contributed by atoms with E-state index in [4.69, 9.17) is 0 Å². The van der Waals surface area contributed by atoms with Gasteiger partial charge in [-0.05, 0) is 52.2 Å². The molecule has 1 aliphatic rings. The molecule has 1 aliphatic heterocycles. The van der Waals surface area contributed by atoms with Crippen molar-refractivity contribution in [1.29, 1.82) is 0 Å². The molecule has 0 aromatic carbocycles. The zero-order chi connectivity index (χ0) is 12.2. The lowest BCUT2D eigenvalue weighted by molar-refractivity contribution is 0.0809. The van der Waals surface area contributed by atoms with Crippen LogP contribution >= 0.6 is 0 Å². The summed E-state index contributed by atoms with van der Waals surface area (Å²) in [5, 5.41) is 3.71. The molecule has 1 fully saturated rings. The highest BCUT2D eigenvalue weighted by Gasteiger charge is 2.38. The summed E-state index contributed by atoms with van der Waals surface area (Å²) in [5.41, 5.74) is 0.294. The Morgan fingerprint density at radius 2 is 1.75 bits per heavy atom. The quantitative estimate of drug-likeness (QED) is 0.749. The number of likely N-dealkylation sites (tertiary alicyclic amines) is 1. The number of hydrogen-bond donors (Lipinski definition) is 1. The Bertz CT molecular complexity index is 195. The normalized spacial score (nSPS) is 22.3. The fraction of sp³-hybridized carbons (Fsp3) is 1.00. The summed E-state index contributed by atoms with van der Waals surface area (Å²) in [6.45, 7) is 15.4. The monoisotopic (exact) mass is 226 g/mol. The minimum absolute atomic E-state index is 0.294. The molecular formula is C14H30N2. The lowest BCUT2D eigenvalue weighted by Crippen LogP contribution is -2.59. The van der Waals surface area contributed by atoms with Gasteiger partial charge in [-0.15, -0.1) is 0 Å². The van der Waals surface area contributed by atoms with Crippen molar-refractivity contribution < 1.29 is 0 Å². The van der Waals surface area contributed by atoms with Gasteiger partial charge in [0, 0.05) is 11.6 Å². The number of rotatable bonds is 6. The third kappa shape index (κ3) is 2.98. The van der Waals surface area contributed by atoms with Crippen LogP contribution in [-0.2, 0) is 0 Å². The van der Waals surface area contributed by atoms with Gasteiger partial charge in [0.2, 0.25) is 0 Å². The molecule has 2 atom stereocenters. The van der Waals surface area contributed by atoms with Gasteiger partial charge in [0.25, 0.3) is 0 Å². The highest BCUT2D eigenvalue weighted by Crippen LogP contribution is 2.29. The molecule has 0 radical (unpaired) electrons. The van der Waals surface area contributed by atoms with Crippen molar-refractivity contribution in [3.8, 4) is 0 Å². The number of likely N-dealkylation sites (N-methyl/N-ethyl adjacent to an activating group) is 1. The molecule has 2 nitrogen and oxygen atoms in total. The van der Waals surface area contributed by atoms with Gasteiger partial charge in [-0.3, -0.25) is 4.90 Å². The van der Waals surface area contributed by atoms with Crippen molar-refractivity contribution in [1.82, 2.24) is 10.2 Å². The Balaban J connectivity index is 2.73. The molecule has 0 bridgehead atoms. The molecule has 0 aliphatic carbocycles. The second kappa shape index (κ2) is 6.02. The van der Waals surface area contributed by atoms with Crippen LogP contribution < -0.4 is 5.32 Å². The fourth-order valence-electron chi connectivity index (χ4n) is 3.09. The number of nitrogens with one attached hydrogen (secondary N) is 1. The van der Waals surface area contributed by atoms with Crippen LogP contribution in [-0.4, -0.2) is 36.1 Å². The van der Waals surface area contributed by atoms with E-state index in [1.165, 1.54) is 32.4 Å². The molecule has 1 rings (SSSR count). The standard InChI is InChI=1S/C14H30N2/c1-6-12(3)13(15-7-2)14(4,5)16-10-8-9-11-16/h12-13,15H,6-11H2,1-5H3. The predicted octanol–water partition coefficient (Wildman–Crippen LogP) is 2.89. The maximum atomic E-state index is 3.71. The molecule has 1 heterocycles. The van der Waals surface area contributed by atoms with Crippen molar-refractivity contribution in [3.05, 3.63) is 0 Å². The minimum atomic E-state index is 0.294. The maximum absolute atomic E-state index is 3.71. The van der Waals surface area contributed by atoms with Crippen LogP contribution in [0.2, 0.25) is 0 Å². The third-order valence-corrected chi connectivity index (χ3v) is 4.32. The Morgan fingerprint density at radius 1 is 1.19 bits per heavy atom. The van der Waals surface area contributed by atoms with Gasteiger partial charge in [-0.1, -0.05) is 27.2 Å². The van der Waals surface area contributed by atoms with E-state index in [0.29, 0.717) is 11.6 Å². The van der Waals surface area contributed by atoms with Gasteiger partial charge >= 0.3 is 0 Å². The molecule has 2 unspecified atom stereocenters. The average Bonchev–Trinajstić information content (AvgIpc) is 2.78. The molecule has 96 valence electrons. The summed E-state index contributed by atoms with van der Waals surface area (Å²) in [6.07, 6.45) is 4.01. The Hall–Kier alpha value is -0.0800. The Labute approximate surface area is 102 Å². The van der Waals surface area contributed by atoms with Gasteiger partial charge in [-0.25, -0.2) is 0 Å². The van der Waals surface area contributed by atoms with Gasteiger partial charge in [0.1, 0.15) is 0 Å². The third-order valence-electron chi connectivity index (χ3n) is 4.32. The molecule has 0 amide bonds. The Morgan fingerprint density at radius 3 is 2.19 bits per heavy atom. The van der Waals surface area contributed by atoms with E-state index >= 15 is 0 Å². The Kier molecular flexibility index (Phi) is 5.26. The first kappa shape index (κ1) is 14.0. The van der Waals surface area contributed by atoms with E-state index in [1.807, 2.05) is 0 Å². The van der Waals surface area contributed by atoms with Crippen molar-refractivity contribution in [3.63, 3.8) is 0 Å². The molecule has 0 aromatic rings. The SMILES string of the molecule is CCNC(C(C)CC)C(C)(C)N1CCCC1. The van der Waals surface area contributed by atoms with E-state index in [2.05, 4.69) is 44.8 Å². The molecule has 0 spiro atoms. The molecule has 0 aromatic heterocycles. The van der Waals surface area contributed by atoms with Gasteiger partial charge in [0.15, 0.2) is 0 Å². The van der Waals surface area contributed by atoms with Crippen LogP contribution in [0.25, 0.3) is 0 Å². The number of nitrogens with zero attached hydrogens (tertiary/aromatic N) is 1. The highest BCUT2D eigenvalue weighted by atomic mass is 15.2. The van der Waals surface area contributed by atoms with Gasteiger partial charge < -0.3 is 5.32 Å². The first-order valence-corrected chi connectivity index (χ1v) is 7.02. The summed E-state index contributed by atoms with van der Waals surface area (Å²) in [5.74, 6) is 0.746. The van der Waals surface area contributed by atoms with Crippen molar-refractivity contribution in [2.75, 3.05) is 19.6 Å². The molecule has 16 heavy (non-hydrogen) atoms. The zero-order valence-corrected chi connectivity index (χ0v) is 11.8. The van der Waals surface area contributed by atoms with Crippen LogP contribution in [0.15, 0.2) is 0 Å². The van der Waals surface area contributed by atoms with E-state index in [9.17, 15) is 0 Å². The fourth-order valence-corrected chi connectivity index (χ4v) is 3.09. The van der Waals surface area contributed by atoms with E-state index < -0.39 is 0 Å². The van der Waals surface area contributed by atoms with Gasteiger partial charge in [-0.2, -0.15) is 0 Å². The summed E-state index contributed by atoms with van der Waals surface area (Å²) in [6, 6.07) is 0.612. The second-order valence-corrected chi connectivity index (χ2v) is 5.77. The molecule has 1 saturated heterocycles. The molecule has 1 N–H and O–H groups in total.